The number of aromatic nitrogens is 4. The number of anilines is 2. The van der Waals surface area contributed by atoms with E-state index in [9.17, 15) is 14.9 Å². The first kappa shape index (κ1) is 26.4. The van der Waals surface area contributed by atoms with Crippen LogP contribution in [0.3, 0.4) is 0 Å². The van der Waals surface area contributed by atoms with Gasteiger partial charge in [0.15, 0.2) is 17.0 Å². The van der Waals surface area contributed by atoms with Crippen LogP contribution < -0.4 is 16.4 Å². The number of piperidine rings is 1. The highest BCUT2D eigenvalue weighted by Crippen LogP contribution is 2.34. The molecule has 4 N–H and O–H groups in total. The lowest BCUT2D eigenvalue weighted by Crippen LogP contribution is -2.42. The van der Waals surface area contributed by atoms with E-state index in [1.54, 1.807) is 17.0 Å². The molecule has 0 unspecified atom stereocenters. The summed E-state index contributed by atoms with van der Waals surface area (Å²) >= 11 is 0. The number of rotatable bonds is 7. The molecule has 12 heteroatoms. The molecule has 0 spiro atoms. The molecule has 2 saturated carbocycles. The van der Waals surface area contributed by atoms with Crippen LogP contribution >= 0.6 is 0 Å². The number of imidazole rings is 1. The Bertz CT molecular complexity index is 1370. The lowest BCUT2D eigenvalue weighted by molar-refractivity contribution is -0.384. The largest absolute Gasteiger partial charge is 0.365 e. The van der Waals surface area contributed by atoms with E-state index >= 15 is 0 Å². The Morgan fingerprint density at radius 3 is 2.42 bits per heavy atom. The molecule has 3 aromatic rings. The van der Waals surface area contributed by atoms with Crippen molar-refractivity contribution in [1.82, 2.24) is 24.4 Å². The number of nitro groups is 1. The zero-order valence-corrected chi connectivity index (χ0v) is 22.7. The molecule has 3 fully saturated rings. The van der Waals surface area contributed by atoms with Crippen molar-refractivity contribution in [2.24, 2.45) is 5.73 Å². The van der Waals surface area contributed by atoms with E-state index in [4.69, 9.17) is 20.7 Å². The number of amides is 1. The Hall–Kier alpha value is -3.80. The minimum Gasteiger partial charge on any atom is -0.365 e. The van der Waals surface area contributed by atoms with E-state index in [2.05, 4.69) is 15.2 Å². The van der Waals surface area contributed by atoms with Gasteiger partial charge in [-0.15, -0.1) is 0 Å². The number of carbonyl (C=O) groups is 1. The average molecular weight is 548 g/mol. The van der Waals surface area contributed by atoms with E-state index in [-0.39, 0.29) is 23.7 Å². The van der Waals surface area contributed by atoms with Crippen LogP contribution in [0.15, 0.2) is 30.6 Å². The Balaban J connectivity index is 1.18. The predicted molar refractivity (Wildman–Crippen MR) is 152 cm³/mol. The van der Waals surface area contributed by atoms with Crippen molar-refractivity contribution in [3.05, 3.63) is 46.3 Å². The fourth-order valence-electron chi connectivity index (χ4n) is 6.33. The standard InChI is InChI=1S/C28H37N9O3/c29-19-8-10-20(11-9-19)32-28-33-25(24-26(34-28)36(17-30-24)22-5-1-2-6-22)31-21-12-14-35(15-13-21)27(38)18-4-3-7-23(16-18)37(39)40/h3-4,7,16-17,19-22H,1-2,5-6,8-15,29H2,(H2,31,32,33,34). The number of nitro benzene ring substituents is 1. The van der Waals surface area contributed by atoms with Crippen molar-refractivity contribution in [2.75, 3.05) is 23.7 Å². The molecule has 2 aromatic heterocycles. The number of non-ortho nitro benzene ring substituents is 1. The van der Waals surface area contributed by atoms with Crippen LogP contribution in [0, 0.1) is 10.1 Å². The molecule has 6 rings (SSSR count). The highest BCUT2D eigenvalue weighted by Gasteiger charge is 2.28. The number of likely N-dealkylation sites (tertiary alicyclic amines) is 1. The SMILES string of the molecule is NC1CCC(Nc2nc(NC3CCN(C(=O)c4cccc([N+](=O)[O-])c4)CC3)c3ncn(C4CCCC4)c3n2)CC1. The molecular weight excluding hydrogens is 510 g/mol. The van der Waals surface area contributed by atoms with Gasteiger partial charge in [-0.2, -0.15) is 9.97 Å². The summed E-state index contributed by atoms with van der Waals surface area (Å²) in [6.07, 6.45) is 12.1. The zero-order chi connectivity index (χ0) is 27.6. The molecule has 12 nitrogen and oxygen atoms in total. The van der Waals surface area contributed by atoms with Crippen molar-refractivity contribution in [2.45, 2.75) is 88.4 Å². The van der Waals surface area contributed by atoms with E-state index < -0.39 is 4.92 Å². The highest BCUT2D eigenvalue weighted by atomic mass is 16.6. The highest BCUT2D eigenvalue weighted by molar-refractivity contribution is 5.95. The van der Waals surface area contributed by atoms with E-state index in [0.717, 1.165) is 68.3 Å². The van der Waals surface area contributed by atoms with E-state index in [1.165, 1.54) is 25.0 Å². The third kappa shape index (κ3) is 5.58. The second-order valence-electron chi connectivity index (χ2n) is 11.4. The molecule has 3 aliphatic rings. The minimum absolute atomic E-state index is 0.0762. The molecular formula is C28H37N9O3. The minimum atomic E-state index is -0.476. The summed E-state index contributed by atoms with van der Waals surface area (Å²) in [5, 5.41) is 18.3. The Morgan fingerprint density at radius 1 is 0.975 bits per heavy atom. The van der Waals surface area contributed by atoms with Gasteiger partial charge in [0.2, 0.25) is 5.95 Å². The maximum atomic E-state index is 13.0. The van der Waals surface area contributed by atoms with E-state index in [1.807, 2.05) is 6.33 Å². The molecule has 0 radical (unpaired) electrons. The molecule has 3 heterocycles. The molecule has 0 bridgehead atoms. The van der Waals surface area contributed by atoms with Crippen LogP contribution in [-0.2, 0) is 0 Å². The first-order chi connectivity index (χ1) is 19.4. The molecule has 0 atom stereocenters. The Labute approximate surface area is 232 Å². The normalized spacial score (nSPS) is 22.5. The van der Waals surface area contributed by atoms with Gasteiger partial charge in [0.05, 0.1) is 11.3 Å². The fraction of sp³-hybridized carbons (Fsp3) is 0.571. The first-order valence-electron chi connectivity index (χ1n) is 14.5. The van der Waals surface area contributed by atoms with Crippen molar-refractivity contribution in [3.8, 4) is 0 Å². The zero-order valence-electron chi connectivity index (χ0n) is 22.7. The van der Waals surface area contributed by atoms with Crippen molar-refractivity contribution in [1.29, 1.82) is 0 Å². The number of nitrogens with two attached hydrogens (primary N) is 1. The number of fused-ring (bicyclic) bond motifs is 1. The summed E-state index contributed by atoms with van der Waals surface area (Å²) in [6.45, 7) is 1.11. The summed E-state index contributed by atoms with van der Waals surface area (Å²) in [4.78, 5) is 40.0. The number of carbonyl (C=O) groups excluding carboxylic acids is 1. The van der Waals surface area contributed by atoms with Crippen LogP contribution in [0.25, 0.3) is 11.2 Å². The third-order valence-corrected chi connectivity index (χ3v) is 8.67. The van der Waals surface area contributed by atoms with Gasteiger partial charge in [-0.3, -0.25) is 14.9 Å². The molecule has 1 aliphatic heterocycles. The summed E-state index contributed by atoms with van der Waals surface area (Å²) in [5.74, 6) is 1.16. The third-order valence-electron chi connectivity index (χ3n) is 8.67. The van der Waals surface area contributed by atoms with Crippen LogP contribution in [0.5, 0.6) is 0 Å². The summed E-state index contributed by atoms with van der Waals surface area (Å²) in [5.41, 5.74) is 8.02. The van der Waals surface area contributed by atoms with Crippen LogP contribution in [0.1, 0.15) is 80.6 Å². The summed E-state index contributed by atoms with van der Waals surface area (Å²) < 4.78 is 2.22. The number of nitrogens with zero attached hydrogens (tertiary/aromatic N) is 6. The number of benzene rings is 1. The van der Waals surface area contributed by atoms with Gasteiger partial charge in [-0.25, -0.2) is 4.98 Å². The summed E-state index contributed by atoms with van der Waals surface area (Å²) in [7, 11) is 0. The monoisotopic (exact) mass is 547 g/mol. The quantitative estimate of drug-likeness (QED) is 0.290. The first-order valence-corrected chi connectivity index (χ1v) is 14.5. The van der Waals surface area contributed by atoms with Crippen molar-refractivity contribution in [3.63, 3.8) is 0 Å². The van der Waals surface area contributed by atoms with Crippen LogP contribution in [0.4, 0.5) is 17.5 Å². The van der Waals surface area contributed by atoms with E-state index in [0.29, 0.717) is 36.7 Å². The van der Waals surface area contributed by atoms with Gasteiger partial charge < -0.3 is 25.8 Å². The maximum absolute atomic E-state index is 13.0. The second kappa shape index (κ2) is 11.4. The molecule has 1 amide bonds. The lowest BCUT2D eigenvalue weighted by Gasteiger charge is -2.33. The topological polar surface area (TPSA) is 157 Å². The predicted octanol–water partition coefficient (Wildman–Crippen LogP) is 4.25. The van der Waals surface area contributed by atoms with Crippen LogP contribution in [-0.4, -0.2) is 66.5 Å². The maximum Gasteiger partial charge on any atom is 0.270 e. The smallest absolute Gasteiger partial charge is 0.270 e. The van der Waals surface area contributed by atoms with Gasteiger partial charge in [-0.05, 0) is 57.4 Å². The van der Waals surface area contributed by atoms with Gasteiger partial charge in [0.25, 0.3) is 11.6 Å². The van der Waals surface area contributed by atoms with Crippen molar-refractivity contribution < 1.29 is 9.72 Å². The molecule has 40 heavy (non-hydrogen) atoms. The van der Waals surface area contributed by atoms with Gasteiger partial charge in [0.1, 0.15) is 0 Å². The lowest BCUT2D eigenvalue weighted by atomic mass is 9.92. The van der Waals surface area contributed by atoms with Gasteiger partial charge in [-0.1, -0.05) is 18.9 Å². The average Bonchev–Trinajstić information content (AvgIpc) is 3.65. The number of nitrogens with one attached hydrogen (secondary N) is 2. The van der Waals surface area contributed by atoms with Gasteiger partial charge in [0, 0.05) is 55.0 Å². The molecule has 1 aromatic carbocycles. The Kier molecular flexibility index (Phi) is 7.50. The Morgan fingerprint density at radius 2 is 1.70 bits per heavy atom. The summed E-state index contributed by atoms with van der Waals surface area (Å²) in [6, 6.07) is 7.04. The molecule has 212 valence electrons. The number of hydrogen-bond acceptors (Lipinski definition) is 9. The molecule has 1 saturated heterocycles. The van der Waals surface area contributed by atoms with Gasteiger partial charge >= 0.3 is 0 Å². The number of hydrogen-bond donors (Lipinski definition) is 3. The molecule has 2 aliphatic carbocycles. The van der Waals surface area contributed by atoms with Crippen molar-refractivity contribution >= 4 is 34.5 Å². The fourth-order valence-corrected chi connectivity index (χ4v) is 6.33. The second-order valence-corrected chi connectivity index (χ2v) is 11.4. The van der Waals surface area contributed by atoms with Crippen LogP contribution in [0.2, 0.25) is 0 Å².